The lowest BCUT2D eigenvalue weighted by molar-refractivity contribution is -0.138. The fraction of sp³-hybridized carbons (Fsp3) is 0.364. The number of carbonyl (C=O) groups excluding carboxylic acids is 2. The molecule has 2 amide bonds. The van der Waals surface area contributed by atoms with E-state index in [2.05, 4.69) is 0 Å². The van der Waals surface area contributed by atoms with Gasteiger partial charge in [-0.05, 0) is 48.4 Å². The summed E-state index contributed by atoms with van der Waals surface area (Å²) < 4.78 is 18.1. The third kappa shape index (κ3) is 6.22. The average Bonchev–Trinajstić information content (AvgIpc) is 2.77. The lowest BCUT2D eigenvalue weighted by atomic mass is 10.1. The Morgan fingerprint density at radius 2 is 1.52 bits per heavy atom. The van der Waals surface area contributed by atoms with Gasteiger partial charge in [0, 0.05) is 37.5 Å². The molecule has 0 spiro atoms. The molecule has 2 aromatic carbocycles. The summed E-state index contributed by atoms with van der Waals surface area (Å²) in [7, 11) is 1.63. The third-order valence-electron chi connectivity index (χ3n) is 4.95. The highest BCUT2D eigenvalue weighted by molar-refractivity contribution is 8.00. The van der Waals surface area contributed by atoms with Crippen LogP contribution in [0.3, 0.4) is 0 Å². The maximum absolute atomic E-state index is 12.9. The van der Waals surface area contributed by atoms with Gasteiger partial charge in [-0.15, -0.1) is 11.8 Å². The summed E-state index contributed by atoms with van der Waals surface area (Å²) in [5.74, 6) is 1.00. The van der Waals surface area contributed by atoms with Gasteiger partial charge < -0.3 is 14.5 Å². The number of ether oxygens (including phenoxy) is 1. The Morgan fingerprint density at radius 3 is 2.10 bits per heavy atom. The zero-order chi connectivity index (χ0) is 20.6. The molecular formula is C22H25FN2O3S. The molecule has 0 saturated carbocycles. The van der Waals surface area contributed by atoms with Crippen LogP contribution in [0.1, 0.15) is 12.0 Å². The van der Waals surface area contributed by atoms with Crippen LogP contribution in [0.5, 0.6) is 5.75 Å². The van der Waals surface area contributed by atoms with Gasteiger partial charge in [-0.1, -0.05) is 12.1 Å². The van der Waals surface area contributed by atoms with Crippen LogP contribution in [0.2, 0.25) is 0 Å². The predicted octanol–water partition coefficient (Wildman–Crippen LogP) is 3.23. The highest BCUT2D eigenvalue weighted by Crippen LogP contribution is 2.19. The van der Waals surface area contributed by atoms with Crippen LogP contribution in [0.15, 0.2) is 53.4 Å². The molecule has 0 atom stereocenters. The summed E-state index contributed by atoms with van der Waals surface area (Å²) in [5, 5.41) is 0. The van der Waals surface area contributed by atoms with Gasteiger partial charge in [0.15, 0.2) is 0 Å². The third-order valence-corrected chi connectivity index (χ3v) is 5.94. The minimum Gasteiger partial charge on any atom is -0.497 e. The first-order valence-corrected chi connectivity index (χ1v) is 10.6. The van der Waals surface area contributed by atoms with E-state index in [1.54, 1.807) is 24.1 Å². The number of piperazine rings is 1. The molecule has 3 rings (SSSR count). The normalized spacial score (nSPS) is 14.0. The number of rotatable bonds is 7. The second kappa shape index (κ2) is 10.3. The number of halogens is 1. The maximum Gasteiger partial charge on any atom is 0.233 e. The number of benzene rings is 2. The van der Waals surface area contributed by atoms with E-state index >= 15 is 0 Å². The summed E-state index contributed by atoms with van der Waals surface area (Å²) >= 11 is 1.40. The Kier molecular flexibility index (Phi) is 7.52. The van der Waals surface area contributed by atoms with Crippen molar-refractivity contribution in [1.29, 1.82) is 0 Å². The second-order valence-electron chi connectivity index (χ2n) is 6.85. The average molecular weight is 417 g/mol. The maximum atomic E-state index is 12.9. The first kappa shape index (κ1) is 21.2. The van der Waals surface area contributed by atoms with Crippen molar-refractivity contribution in [2.24, 2.45) is 0 Å². The molecule has 1 saturated heterocycles. The standard InChI is InChI=1S/C22H25FN2O3S/c1-28-19-7-2-17(3-8-19)4-11-21(26)24-12-14-25(15-13-24)22(27)16-29-20-9-5-18(23)6-10-20/h2-3,5-10H,4,11-16H2,1H3. The number of hydrogen-bond donors (Lipinski definition) is 0. The van der Waals surface area contributed by atoms with E-state index in [1.165, 1.54) is 23.9 Å². The molecule has 0 aromatic heterocycles. The van der Waals surface area contributed by atoms with Crippen molar-refractivity contribution in [3.63, 3.8) is 0 Å². The Labute approximate surface area is 174 Å². The van der Waals surface area contributed by atoms with E-state index in [1.807, 2.05) is 29.2 Å². The van der Waals surface area contributed by atoms with Crippen molar-refractivity contribution in [3.8, 4) is 5.75 Å². The molecule has 1 heterocycles. The van der Waals surface area contributed by atoms with Crippen LogP contribution in [0.25, 0.3) is 0 Å². The smallest absolute Gasteiger partial charge is 0.233 e. The molecule has 0 N–H and O–H groups in total. The van der Waals surface area contributed by atoms with Gasteiger partial charge in [0.2, 0.25) is 11.8 Å². The number of thioether (sulfide) groups is 1. The van der Waals surface area contributed by atoms with Crippen LogP contribution in [-0.4, -0.2) is 60.7 Å². The first-order valence-electron chi connectivity index (χ1n) is 9.62. The van der Waals surface area contributed by atoms with Crippen molar-refractivity contribution < 1.29 is 18.7 Å². The van der Waals surface area contributed by atoms with Gasteiger partial charge in [0.05, 0.1) is 12.9 Å². The Hall–Kier alpha value is -2.54. The molecule has 2 aromatic rings. The SMILES string of the molecule is COc1ccc(CCC(=O)N2CCN(C(=O)CSc3ccc(F)cc3)CC2)cc1. The van der Waals surface area contributed by atoms with Crippen molar-refractivity contribution in [1.82, 2.24) is 9.80 Å². The van der Waals surface area contributed by atoms with Crippen LogP contribution in [0.4, 0.5) is 4.39 Å². The van der Waals surface area contributed by atoms with E-state index in [4.69, 9.17) is 4.74 Å². The van der Waals surface area contributed by atoms with E-state index in [0.717, 1.165) is 16.2 Å². The number of nitrogens with zero attached hydrogens (tertiary/aromatic N) is 2. The van der Waals surface area contributed by atoms with E-state index in [0.29, 0.717) is 44.8 Å². The molecule has 29 heavy (non-hydrogen) atoms. The minimum atomic E-state index is -0.284. The number of methoxy groups -OCH3 is 1. The number of amides is 2. The topological polar surface area (TPSA) is 49.9 Å². The Balaban J connectivity index is 1.38. The van der Waals surface area contributed by atoms with Gasteiger partial charge >= 0.3 is 0 Å². The molecule has 0 aliphatic carbocycles. The molecule has 1 aliphatic heterocycles. The summed E-state index contributed by atoms with van der Waals surface area (Å²) in [5.41, 5.74) is 1.10. The van der Waals surface area contributed by atoms with Gasteiger partial charge in [-0.2, -0.15) is 0 Å². The van der Waals surface area contributed by atoms with Gasteiger partial charge in [0.25, 0.3) is 0 Å². The van der Waals surface area contributed by atoms with Gasteiger partial charge in [-0.3, -0.25) is 9.59 Å². The molecule has 1 aliphatic rings. The zero-order valence-corrected chi connectivity index (χ0v) is 17.3. The number of hydrogen-bond acceptors (Lipinski definition) is 4. The fourth-order valence-electron chi connectivity index (χ4n) is 3.17. The summed E-state index contributed by atoms with van der Waals surface area (Å²) in [6, 6.07) is 13.9. The quantitative estimate of drug-likeness (QED) is 0.651. The van der Waals surface area contributed by atoms with E-state index < -0.39 is 0 Å². The second-order valence-corrected chi connectivity index (χ2v) is 7.90. The largest absolute Gasteiger partial charge is 0.497 e. The van der Waals surface area contributed by atoms with Crippen molar-refractivity contribution >= 4 is 23.6 Å². The monoisotopic (exact) mass is 416 g/mol. The summed E-state index contributed by atoms with van der Waals surface area (Å²) in [6.45, 7) is 2.23. The predicted molar refractivity (Wildman–Crippen MR) is 112 cm³/mol. The van der Waals surface area contributed by atoms with Crippen molar-refractivity contribution in [2.75, 3.05) is 39.0 Å². The van der Waals surface area contributed by atoms with E-state index in [9.17, 15) is 14.0 Å². The van der Waals surface area contributed by atoms with Crippen LogP contribution < -0.4 is 4.74 Å². The summed E-state index contributed by atoms with van der Waals surface area (Å²) in [4.78, 5) is 29.4. The van der Waals surface area contributed by atoms with E-state index in [-0.39, 0.29) is 17.6 Å². The minimum absolute atomic E-state index is 0.0460. The fourth-order valence-corrected chi connectivity index (χ4v) is 3.98. The highest BCUT2D eigenvalue weighted by atomic mass is 32.2. The highest BCUT2D eigenvalue weighted by Gasteiger charge is 2.23. The molecule has 0 bridgehead atoms. The molecule has 0 unspecified atom stereocenters. The molecule has 7 heteroatoms. The van der Waals surface area contributed by atoms with Crippen LogP contribution in [0, 0.1) is 5.82 Å². The van der Waals surface area contributed by atoms with Crippen molar-refractivity contribution in [2.45, 2.75) is 17.7 Å². The first-order chi connectivity index (χ1) is 14.0. The van der Waals surface area contributed by atoms with Gasteiger partial charge in [-0.25, -0.2) is 4.39 Å². The Bertz CT molecular complexity index is 819. The number of carbonyl (C=O) groups is 2. The summed E-state index contributed by atoms with van der Waals surface area (Å²) in [6.07, 6.45) is 1.15. The Morgan fingerprint density at radius 1 is 0.931 bits per heavy atom. The molecular weight excluding hydrogens is 391 g/mol. The van der Waals surface area contributed by atoms with Crippen LogP contribution >= 0.6 is 11.8 Å². The lowest BCUT2D eigenvalue weighted by Crippen LogP contribution is -2.51. The van der Waals surface area contributed by atoms with Crippen LogP contribution in [-0.2, 0) is 16.0 Å². The van der Waals surface area contributed by atoms with Crippen molar-refractivity contribution in [3.05, 3.63) is 59.9 Å². The molecule has 0 radical (unpaired) electrons. The number of aryl methyl sites for hydroxylation is 1. The molecule has 1 fully saturated rings. The molecule has 5 nitrogen and oxygen atoms in total. The zero-order valence-electron chi connectivity index (χ0n) is 16.5. The lowest BCUT2D eigenvalue weighted by Gasteiger charge is -2.35. The van der Waals surface area contributed by atoms with Gasteiger partial charge in [0.1, 0.15) is 11.6 Å². The molecule has 154 valence electrons.